The van der Waals surface area contributed by atoms with Crippen LogP contribution in [0.4, 0.5) is 5.95 Å². The van der Waals surface area contributed by atoms with E-state index in [0.29, 0.717) is 11.4 Å². The molecule has 0 saturated carbocycles. The highest BCUT2D eigenvalue weighted by atomic mass is 16.5. The number of ether oxygens (including phenoxy) is 1. The van der Waals surface area contributed by atoms with Gasteiger partial charge < -0.3 is 15.6 Å². The van der Waals surface area contributed by atoms with E-state index >= 15 is 0 Å². The smallest absolute Gasteiger partial charge is 0.375 e. The van der Waals surface area contributed by atoms with Gasteiger partial charge in [0.1, 0.15) is 5.75 Å². The number of carboxylic acid groups (broad SMARTS) is 1. The Hall–Kier alpha value is -2.57. The third-order valence-electron chi connectivity index (χ3n) is 2.14. The number of aromatic nitrogens is 3. The van der Waals surface area contributed by atoms with Gasteiger partial charge in [0, 0.05) is 0 Å². The standard InChI is InChI=1S/C10H10N4O3/c1-17-7-4-2-6(3-5-7)14-10(11)12-8(13-14)9(15)16/h2-5H,1H3,(H,15,16)(H2,11,12,13). The average Bonchev–Trinajstić information content (AvgIpc) is 2.72. The largest absolute Gasteiger partial charge is 0.497 e. The third-order valence-corrected chi connectivity index (χ3v) is 2.14. The Bertz CT molecular complexity index is 547. The molecule has 88 valence electrons. The third kappa shape index (κ3) is 2.03. The predicted octanol–water partition coefficient (Wildman–Crippen LogP) is 0.556. The number of benzene rings is 1. The van der Waals surface area contributed by atoms with Crippen molar-refractivity contribution in [2.45, 2.75) is 0 Å². The fourth-order valence-corrected chi connectivity index (χ4v) is 1.33. The van der Waals surface area contributed by atoms with Gasteiger partial charge in [0.2, 0.25) is 5.95 Å². The van der Waals surface area contributed by atoms with Crippen LogP contribution in [0.2, 0.25) is 0 Å². The Morgan fingerprint density at radius 3 is 2.53 bits per heavy atom. The van der Waals surface area contributed by atoms with E-state index in [-0.39, 0.29) is 11.8 Å². The van der Waals surface area contributed by atoms with Crippen molar-refractivity contribution in [3.8, 4) is 11.4 Å². The van der Waals surface area contributed by atoms with Crippen LogP contribution in [0.25, 0.3) is 5.69 Å². The number of aromatic carboxylic acids is 1. The van der Waals surface area contributed by atoms with Gasteiger partial charge in [-0.2, -0.15) is 9.67 Å². The summed E-state index contributed by atoms with van der Waals surface area (Å²) < 4.78 is 6.26. The SMILES string of the molecule is COc1ccc(-n2nc(C(=O)O)nc2N)cc1. The van der Waals surface area contributed by atoms with Crippen LogP contribution in [0.3, 0.4) is 0 Å². The fraction of sp³-hybridized carbons (Fsp3) is 0.100. The number of carbonyl (C=O) groups is 1. The lowest BCUT2D eigenvalue weighted by Crippen LogP contribution is -2.03. The highest BCUT2D eigenvalue weighted by Gasteiger charge is 2.14. The molecule has 17 heavy (non-hydrogen) atoms. The van der Waals surface area contributed by atoms with Crippen molar-refractivity contribution in [3.05, 3.63) is 30.1 Å². The molecule has 0 unspecified atom stereocenters. The van der Waals surface area contributed by atoms with Crippen molar-refractivity contribution in [3.63, 3.8) is 0 Å². The predicted molar refractivity (Wildman–Crippen MR) is 59.3 cm³/mol. The molecule has 0 aliphatic heterocycles. The maximum Gasteiger partial charge on any atom is 0.375 e. The number of methoxy groups -OCH3 is 1. The van der Waals surface area contributed by atoms with E-state index in [1.54, 1.807) is 31.4 Å². The zero-order valence-corrected chi connectivity index (χ0v) is 8.99. The van der Waals surface area contributed by atoms with Crippen LogP contribution in [0.15, 0.2) is 24.3 Å². The molecule has 0 amide bonds. The van der Waals surface area contributed by atoms with Gasteiger partial charge in [0.05, 0.1) is 12.8 Å². The van der Waals surface area contributed by atoms with Crippen LogP contribution in [0.1, 0.15) is 10.6 Å². The monoisotopic (exact) mass is 234 g/mol. The summed E-state index contributed by atoms with van der Waals surface area (Å²) in [6.45, 7) is 0. The molecule has 3 N–H and O–H groups in total. The van der Waals surface area contributed by atoms with E-state index in [4.69, 9.17) is 15.6 Å². The molecule has 0 aliphatic carbocycles. The van der Waals surface area contributed by atoms with E-state index in [1.807, 2.05) is 0 Å². The number of nitrogens with two attached hydrogens (primary N) is 1. The van der Waals surface area contributed by atoms with E-state index in [9.17, 15) is 4.79 Å². The number of nitrogen functional groups attached to an aromatic ring is 1. The van der Waals surface area contributed by atoms with E-state index in [2.05, 4.69) is 10.1 Å². The number of rotatable bonds is 3. The zero-order valence-electron chi connectivity index (χ0n) is 8.99. The molecule has 0 spiro atoms. The van der Waals surface area contributed by atoms with Crippen molar-refractivity contribution in [1.82, 2.24) is 14.8 Å². The molecule has 7 nitrogen and oxygen atoms in total. The first-order valence-corrected chi connectivity index (χ1v) is 4.72. The van der Waals surface area contributed by atoms with Crippen LogP contribution in [-0.2, 0) is 0 Å². The van der Waals surface area contributed by atoms with Gasteiger partial charge >= 0.3 is 5.97 Å². The van der Waals surface area contributed by atoms with Crippen LogP contribution >= 0.6 is 0 Å². The molecule has 2 rings (SSSR count). The maximum absolute atomic E-state index is 10.7. The highest BCUT2D eigenvalue weighted by Crippen LogP contribution is 2.16. The summed E-state index contributed by atoms with van der Waals surface area (Å²) in [7, 11) is 1.56. The van der Waals surface area contributed by atoms with Crippen molar-refractivity contribution in [2.24, 2.45) is 0 Å². The van der Waals surface area contributed by atoms with E-state index in [1.165, 1.54) is 4.68 Å². The second-order valence-corrected chi connectivity index (χ2v) is 3.21. The van der Waals surface area contributed by atoms with Gasteiger partial charge in [0.15, 0.2) is 0 Å². The minimum Gasteiger partial charge on any atom is -0.497 e. The Morgan fingerprint density at radius 1 is 1.41 bits per heavy atom. The quantitative estimate of drug-likeness (QED) is 0.804. The van der Waals surface area contributed by atoms with Crippen molar-refractivity contribution in [1.29, 1.82) is 0 Å². The van der Waals surface area contributed by atoms with Crippen LogP contribution < -0.4 is 10.5 Å². The molecule has 0 aliphatic rings. The number of anilines is 1. The lowest BCUT2D eigenvalue weighted by Gasteiger charge is -2.03. The van der Waals surface area contributed by atoms with Gasteiger partial charge in [-0.05, 0) is 24.3 Å². The Morgan fingerprint density at radius 2 is 2.06 bits per heavy atom. The first-order chi connectivity index (χ1) is 8.11. The Kier molecular flexibility index (Phi) is 2.65. The molecule has 0 saturated heterocycles. The molecule has 0 bridgehead atoms. The molecule has 1 heterocycles. The van der Waals surface area contributed by atoms with Gasteiger partial charge in [-0.3, -0.25) is 0 Å². The minimum absolute atomic E-state index is 0.0209. The highest BCUT2D eigenvalue weighted by molar-refractivity contribution is 5.83. The van der Waals surface area contributed by atoms with Crippen LogP contribution in [0.5, 0.6) is 5.75 Å². The first kappa shape index (κ1) is 10.9. The average molecular weight is 234 g/mol. The number of carboxylic acids is 1. The first-order valence-electron chi connectivity index (χ1n) is 4.72. The molecule has 1 aromatic carbocycles. The topological polar surface area (TPSA) is 103 Å². The Labute approximate surface area is 96.5 Å². The van der Waals surface area contributed by atoms with Crippen LogP contribution in [-0.4, -0.2) is 33.0 Å². The minimum atomic E-state index is -1.22. The summed E-state index contributed by atoms with van der Waals surface area (Å²) in [5, 5.41) is 12.5. The normalized spacial score (nSPS) is 10.2. The lowest BCUT2D eigenvalue weighted by atomic mass is 10.3. The van der Waals surface area contributed by atoms with Gasteiger partial charge in [-0.15, -0.1) is 5.10 Å². The second kappa shape index (κ2) is 4.12. The molecular weight excluding hydrogens is 224 g/mol. The molecule has 0 atom stereocenters. The molecule has 2 aromatic rings. The molecule has 1 aromatic heterocycles. The molecular formula is C10H10N4O3. The summed E-state index contributed by atoms with van der Waals surface area (Å²) in [5.74, 6) is -0.847. The van der Waals surface area contributed by atoms with Gasteiger partial charge in [-0.1, -0.05) is 0 Å². The molecule has 0 fully saturated rings. The second-order valence-electron chi connectivity index (χ2n) is 3.21. The van der Waals surface area contributed by atoms with Crippen LogP contribution in [0, 0.1) is 0 Å². The molecule has 7 heteroatoms. The van der Waals surface area contributed by atoms with E-state index < -0.39 is 5.97 Å². The van der Waals surface area contributed by atoms with E-state index in [0.717, 1.165) is 0 Å². The summed E-state index contributed by atoms with van der Waals surface area (Å²) in [4.78, 5) is 14.3. The Balaban J connectivity index is 2.41. The summed E-state index contributed by atoms with van der Waals surface area (Å²) >= 11 is 0. The number of nitrogens with zero attached hydrogens (tertiary/aromatic N) is 3. The number of hydrogen-bond acceptors (Lipinski definition) is 5. The summed E-state index contributed by atoms with van der Waals surface area (Å²) in [5.41, 5.74) is 6.19. The van der Waals surface area contributed by atoms with Crippen molar-refractivity contribution in [2.75, 3.05) is 12.8 Å². The summed E-state index contributed by atoms with van der Waals surface area (Å²) in [6.07, 6.45) is 0. The van der Waals surface area contributed by atoms with Gasteiger partial charge in [-0.25, -0.2) is 4.79 Å². The zero-order chi connectivity index (χ0) is 12.4. The number of hydrogen-bond donors (Lipinski definition) is 2. The summed E-state index contributed by atoms with van der Waals surface area (Å²) in [6, 6.07) is 6.85. The lowest BCUT2D eigenvalue weighted by molar-refractivity contribution is 0.0683. The maximum atomic E-state index is 10.7. The van der Waals surface area contributed by atoms with Crippen molar-refractivity contribution < 1.29 is 14.6 Å². The van der Waals surface area contributed by atoms with Gasteiger partial charge in [0.25, 0.3) is 5.82 Å². The van der Waals surface area contributed by atoms with Crippen molar-refractivity contribution >= 4 is 11.9 Å². The molecule has 0 radical (unpaired) electrons. The fourth-order valence-electron chi connectivity index (χ4n) is 1.33.